The van der Waals surface area contributed by atoms with Gasteiger partial charge in [0.2, 0.25) is 5.91 Å². The van der Waals surface area contributed by atoms with E-state index < -0.39 is 12.0 Å². The summed E-state index contributed by atoms with van der Waals surface area (Å²) in [5.74, 6) is -0.560. The van der Waals surface area contributed by atoms with E-state index in [-0.39, 0.29) is 5.91 Å². The van der Waals surface area contributed by atoms with Crippen LogP contribution in [-0.2, 0) is 9.59 Å². The fourth-order valence-electron chi connectivity index (χ4n) is 3.60. The molecule has 0 aromatic heterocycles. The van der Waals surface area contributed by atoms with Crippen molar-refractivity contribution in [2.24, 2.45) is 5.92 Å². The molecule has 1 aliphatic heterocycles. The summed E-state index contributed by atoms with van der Waals surface area (Å²) in [5, 5.41) is 9.23. The molecule has 1 N–H and O–H groups in total. The van der Waals surface area contributed by atoms with Crippen molar-refractivity contribution in [1.82, 2.24) is 4.90 Å². The van der Waals surface area contributed by atoms with E-state index in [0.717, 1.165) is 19.3 Å². The summed E-state index contributed by atoms with van der Waals surface area (Å²) >= 11 is 0. The summed E-state index contributed by atoms with van der Waals surface area (Å²) in [6.45, 7) is 5.00. The molecule has 4 heteroatoms. The Kier molecular flexibility index (Phi) is 11.3. The molecule has 144 valence electrons. The second-order valence-corrected chi connectivity index (χ2v) is 7.35. The lowest BCUT2D eigenvalue weighted by Gasteiger charge is -2.20. The molecule has 4 nitrogen and oxygen atoms in total. The van der Waals surface area contributed by atoms with Gasteiger partial charge in [0.15, 0.2) is 0 Å². The van der Waals surface area contributed by atoms with Gasteiger partial charge < -0.3 is 10.0 Å². The van der Waals surface area contributed by atoms with E-state index >= 15 is 0 Å². The molecular formula is C21H37NO3. The van der Waals surface area contributed by atoms with Crippen LogP contribution in [0.3, 0.4) is 0 Å². The number of hydrogen-bond donors (Lipinski definition) is 1. The van der Waals surface area contributed by atoms with Gasteiger partial charge in [-0.1, -0.05) is 71.3 Å². The smallest absolute Gasteiger partial charge is 0.326 e. The molecule has 0 aromatic rings. The van der Waals surface area contributed by atoms with Gasteiger partial charge in [-0.3, -0.25) is 4.79 Å². The third-order valence-corrected chi connectivity index (χ3v) is 5.19. The van der Waals surface area contributed by atoms with Crippen LogP contribution in [0.25, 0.3) is 0 Å². The molecule has 1 heterocycles. The Morgan fingerprint density at radius 3 is 2.16 bits per heavy atom. The highest BCUT2D eigenvalue weighted by Crippen LogP contribution is 2.21. The molecule has 0 saturated carbocycles. The summed E-state index contributed by atoms with van der Waals surface area (Å²) in [5.41, 5.74) is 0. The molecule has 1 rings (SSSR count). The number of nitrogens with zero attached hydrogens (tertiary/aromatic N) is 1. The van der Waals surface area contributed by atoms with Gasteiger partial charge in [-0.05, 0) is 37.7 Å². The molecule has 0 spiro atoms. The van der Waals surface area contributed by atoms with E-state index in [4.69, 9.17) is 0 Å². The second kappa shape index (κ2) is 13.0. The maximum absolute atomic E-state index is 12.4. The minimum atomic E-state index is -0.880. The number of amides is 1. The summed E-state index contributed by atoms with van der Waals surface area (Å²) in [6.07, 6.45) is 17.3. The van der Waals surface area contributed by atoms with Gasteiger partial charge in [0.05, 0.1) is 0 Å². The number of carbonyl (C=O) groups is 2. The zero-order chi connectivity index (χ0) is 18.5. The maximum Gasteiger partial charge on any atom is 0.326 e. The molecule has 1 fully saturated rings. The molecule has 0 aliphatic carbocycles. The highest BCUT2D eigenvalue weighted by molar-refractivity contribution is 5.91. The Morgan fingerprint density at radius 1 is 1.04 bits per heavy atom. The normalized spacial score (nSPS) is 17.7. The number of rotatable bonds is 13. The van der Waals surface area contributed by atoms with Crippen LogP contribution in [0.4, 0.5) is 0 Å². The molecule has 0 unspecified atom stereocenters. The van der Waals surface area contributed by atoms with Gasteiger partial charge in [-0.2, -0.15) is 0 Å². The van der Waals surface area contributed by atoms with Crippen molar-refractivity contribution in [1.29, 1.82) is 0 Å². The molecule has 1 saturated heterocycles. The fraction of sp³-hybridized carbons (Fsp3) is 0.810. The quantitative estimate of drug-likeness (QED) is 0.367. The first-order valence-electron chi connectivity index (χ1n) is 10.3. The summed E-state index contributed by atoms with van der Waals surface area (Å²) in [4.78, 5) is 25.2. The van der Waals surface area contributed by atoms with Gasteiger partial charge in [0, 0.05) is 6.54 Å². The van der Waals surface area contributed by atoms with E-state index in [1.165, 1.54) is 56.3 Å². The molecule has 1 amide bonds. The number of carboxylic acids is 1. The topological polar surface area (TPSA) is 57.6 Å². The van der Waals surface area contributed by atoms with Crippen LogP contribution < -0.4 is 0 Å². The Bertz CT molecular complexity index is 407. The highest BCUT2D eigenvalue weighted by Gasteiger charge is 2.32. The highest BCUT2D eigenvalue weighted by atomic mass is 16.4. The molecule has 1 aliphatic rings. The lowest BCUT2D eigenvalue weighted by atomic mass is 9.94. The largest absolute Gasteiger partial charge is 0.480 e. The predicted molar refractivity (Wildman–Crippen MR) is 103 cm³/mol. The molecule has 0 aromatic carbocycles. The Balaban J connectivity index is 2.52. The number of likely N-dealkylation sites (tertiary alicyclic amines) is 1. The van der Waals surface area contributed by atoms with Crippen molar-refractivity contribution in [2.75, 3.05) is 6.54 Å². The molecule has 25 heavy (non-hydrogen) atoms. The first kappa shape index (κ1) is 21.7. The Hall–Kier alpha value is -1.32. The standard InChI is InChI=1S/C21H37NO3/c1-3-5-7-9-12-18(13-10-8-6-4-2)15-16-20(23)22-17-11-14-19(22)21(24)25/h15-16,18-19H,3-14,17H2,1-2H3,(H,24,25)/b16-15+/t19-/m0/s1. The summed E-state index contributed by atoms with van der Waals surface area (Å²) in [6, 6.07) is -0.635. The number of carboxylic acid groups (broad SMARTS) is 1. The Labute approximate surface area is 153 Å². The average Bonchev–Trinajstić information content (AvgIpc) is 3.09. The number of unbranched alkanes of at least 4 members (excludes halogenated alkanes) is 6. The lowest BCUT2D eigenvalue weighted by molar-refractivity contribution is -0.146. The van der Waals surface area contributed by atoms with E-state index in [2.05, 4.69) is 19.9 Å². The third kappa shape index (κ3) is 8.55. The van der Waals surface area contributed by atoms with Crippen LogP contribution in [-0.4, -0.2) is 34.5 Å². The number of hydrogen-bond acceptors (Lipinski definition) is 2. The van der Waals surface area contributed by atoms with E-state index in [1.54, 1.807) is 6.08 Å². The lowest BCUT2D eigenvalue weighted by Crippen LogP contribution is -2.39. The van der Waals surface area contributed by atoms with Crippen LogP contribution in [0.5, 0.6) is 0 Å². The zero-order valence-corrected chi connectivity index (χ0v) is 16.2. The van der Waals surface area contributed by atoms with Gasteiger partial charge in [0.1, 0.15) is 6.04 Å². The van der Waals surface area contributed by atoms with Crippen LogP contribution >= 0.6 is 0 Å². The second-order valence-electron chi connectivity index (χ2n) is 7.35. The molecule has 0 radical (unpaired) electrons. The van der Waals surface area contributed by atoms with Crippen LogP contribution in [0, 0.1) is 5.92 Å². The fourth-order valence-corrected chi connectivity index (χ4v) is 3.60. The summed E-state index contributed by atoms with van der Waals surface area (Å²) < 4.78 is 0. The molecule has 1 atom stereocenters. The van der Waals surface area contributed by atoms with Crippen LogP contribution in [0.15, 0.2) is 12.2 Å². The van der Waals surface area contributed by atoms with E-state index in [9.17, 15) is 14.7 Å². The van der Waals surface area contributed by atoms with Gasteiger partial charge in [-0.15, -0.1) is 0 Å². The summed E-state index contributed by atoms with van der Waals surface area (Å²) in [7, 11) is 0. The van der Waals surface area contributed by atoms with Crippen molar-refractivity contribution in [3.63, 3.8) is 0 Å². The van der Waals surface area contributed by atoms with Crippen molar-refractivity contribution < 1.29 is 14.7 Å². The maximum atomic E-state index is 12.4. The molecular weight excluding hydrogens is 314 g/mol. The van der Waals surface area contributed by atoms with Crippen LogP contribution in [0.2, 0.25) is 0 Å². The Morgan fingerprint density at radius 2 is 1.64 bits per heavy atom. The van der Waals surface area contributed by atoms with Crippen molar-refractivity contribution in [3.8, 4) is 0 Å². The van der Waals surface area contributed by atoms with E-state index in [0.29, 0.717) is 18.9 Å². The van der Waals surface area contributed by atoms with Gasteiger partial charge in [0.25, 0.3) is 0 Å². The first-order valence-corrected chi connectivity index (χ1v) is 10.3. The molecule has 0 bridgehead atoms. The SMILES string of the molecule is CCCCCCC(/C=C/C(=O)N1CCC[C@H]1C(=O)O)CCCCCC. The van der Waals surface area contributed by atoms with Crippen molar-refractivity contribution in [3.05, 3.63) is 12.2 Å². The number of aliphatic carboxylic acids is 1. The zero-order valence-electron chi connectivity index (χ0n) is 16.2. The van der Waals surface area contributed by atoms with Gasteiger partial charge in [-0.25, -0.2) is 4.79 Å². The minimum absolute atomic E-state index is 0.128. The predicted octanol–water partition coefficient (Wildman–Crippen LogP) is 5.18. The monoisotopic (exact) mass is 351 g/mol. The van der Waals surface area contributed by atoms with Crippen LogP contribution in [0.1, 0.15) is 90.9 Å². The number of allylic oxidation sites excluding steroid dienone is 1. The van der Waals surface area contributed by atoms with Crippen molar-refractivity contribution >= 4 is 11.9 Å². The number of carbonyl (C=O) groups excluding carboxylic acids is 1. The first-order chi connectivity index (χ1) is 12.1. The van der Waals surface area contributed by atoms with Crippen molar-refractivity contribution in [2.45, 2.75) is 96.9 Å². The van der Waals surface area contributed by atoms with Gasteiger partial charge >= 0.3 is 5.97 Å². The average molecular weight is 352 g/mol. The van der Waals surface area contributed by atoms with E-state index in [1.807, 2.05) is 0 Å². The minimum Gasteiger partial charge on any atom is -0.480 e. The third-order valence-electron chi connectivity index (χ3n) is 5.19.